The van der Waals surface area contributed by atoms with Gasteiger partial charge in [-0.2, -0.15) is 0 Å². The van der Waals surface area contributed by atoms with Crippen LogP contribution in [0.1, 0.15) is 51.3 Å². The molecule has 5 heteroatoms. The van der Waals surface area contributed by atoms with Gasteiger partial charge in [0.15, 0.2) is 0 Å². The molecular weight excluding hydrogens is 396 g/mol. The second-order valence-electron chi connectivity index (χ2n) is 6.57. The molecule has 0 aliphatic heterocycles. The number of rotatable bonds is 4. The Hall–Kier alpha value is 0.0300. The molecule has 1 heterocycles. The van der Waals surface area contributed by atoms with E-state index in [-0.39, 0.29) is 5.41 Å². The summed E-state index contributed by atoms with van der Waals surface area (Å²) in [7, 11) is 0. The van der Waals surface area contributed by atoms with Gasteiger partial charge < -0.3 is 10.8 Å². The Kier molecular flexibility index (Phi) is 5.85. The van der Waals surface area contributed by atoms with Crippen molar-refractivity contribution in [3.8, 4) is 0 Å². The van der Waals surface area contributed by atoms with E-state index >= 15 is 0 Å². The Balaban J connectivity index is 2.21. The summed E-state index contributed by atoms with van der Waals surface area (Å²) in [6, 6.07) is 1.93. The van der Waals surface area contributed by atoms with E-state index in [4.69, 9.17) is 5.73 Å². The average Bonchev–Trinajstić information content (AvgIpc) is 2.46. The molecule has 1 fully saturated rings. The molecule has 1 atom stereocenters. The van der Waals surface area contributed by atoms with Crippen molar-refractivity contribution in [2.24, 2.45) is 23.0 Å². The molecular formula is C16H24Br2N2O. The van der Waals surface area contributed by atoms with E-state index in [1.165, 1.54) is 0 Å². The smallest absolute Gasteiger partial charge is 0.104 e. The Morgan fingerprint density at radius 3 is 2.48 bits per heavy atom. The molecule has 21 heavy (non-hydrogen) atoms. The number of aliphatic hydroxyl groups is 1. The summed E-state index contributed by atoms with van der Waals surface area (Å²) >= 11 is 6.91. The summed E-state index contributed by atoms with van der Waals surface area (Å²) in [6.45, 7) is 5.07. The maximum absolute atomic E-state index is 10.9. The van der Waals surface area contributed by atoms with Gasteiger partial charge in [0.05, 0.1) is 5.69 Å². The molecule has 1 saturated carbocycles. The van der Waals surface area contributed by atoms with Crippen LogP contribution in [0.2, 0.25) is 0 Å². The SMILES string of the molecule is CC(C)C1CCC(CN)(C(O)c2ncc(Br)cc2Br)CC1. The zero-order valence-corrected chi connectivity index (χ0v) is 15.8. The normalized spacial score (nSPS) is 27.9. The van der Waals surface area contributed by atoms with Crippen molar-refractivity contribution in [3.63, 3.8) is 0 Å². The first-order chi connectivity index (χ1) is 9.89. The third-order valence-electron chi connectivity index (χ3n) is 5.05. The van der Waals surface area contributed by atoms with Gasteiger partial charge in [0.1, 0.15) is 6.10 Å². The van der Waals surface area contributed by atoms with Crippen LogP contribution in [0.3, 0.4) is 0 Å². The highest BCUT2D eigenvalue weighted by atomic mass is 79.9. The molecule has 1 aliphatic rings. The van der Waals surface area contributed by atoms with E-state index in [2.05, 4.69) is 50.7 Å². The van der Waals surface area contributed by atoms with E-state index < -0.39 is 6.10 Å². The first kappa shape index (κ1) is 17.4. The fraction of sp³-hybridized carbons (Fsp3) is 0.688. The van der Waals surface area contributed by atoms with E-state index in [1.807, 2.05) is 6.07 Å². The molecule has 1 aromatic heterocycles. The van der Waals surface area contributed by atoms with Gasteiger partial charge in [-0.05, 0) is 75.4 Å². The predicted octanol–water partition coefficient (Wildman–Crippen LogP) is 4.43. The molecule has 0 bridgehead atoms. The number of hydrogen-bond acceptors (Lipinski definition) is 3. The highest BCUT2D eigenvalue weighted by Crippen LogP contribution is 2.49. The van der Waals surface area contributed by atoms with E-state index in [0.29, 0.717) is 18.2 Å². The average molecular weight is 420 g/mol. The second-order valence-corrected chi connectivity index (χ2v) is 8.34. The molecule has 1 aromatic rings. The van der Waals surface area contributed by atoms with Crippen LogP contribution >= 0.6 is 31.9 Å². The maximum atomic E-state index is 10.9. The lowest BCUT2D eigenvalue weighted by Crippen LogP contribution is -2.41. The quantitative estimate of drug-likeness (QED) is 0.758. The molecule has 118 valence electrons. The van der Waals surface area contributed by atoms with Crippen LogP contribution in [0.15, 0.2) is 21.2 Å². The summed E-state index contributed by atoms with van der Waals surface area (Å²) in [5, 5.41) is 10.9. The maximum Gasteiger partial charge on any atom is 0.104 e. The minimum absolute atomic E-state index is 0.241. The van der Waals surface area contributed by atoms with Crippen molar-refractivity contribution in [1.82, 2.24) is 4.98 Å². The molecule has 0 amide bonds. The summed E-state index contributed by atoms with van der Waals surface area (Å²) in [6.07, 6.45) is 5.33. The Morgan fingerprint density at radius 2 is 2.00 bits per heavy atom. The van der Waals surface area contributed by atoms with Crippen LogP contribution < -0.4 is 5.73 Å². The van der Waals surface area contributed by atoms with E-state index in [9.17, 15) is 5.11 Å². The molecule has 0 saturated heterocycles. The molecule has 0 radical (unpaired) electrons. The number of aromatic nitrogens is 1. The molecule has 0 aromatic carbocycles. The topological polar surface area (TPSA) is 59.1 Å². The summed E-state index contributed by atoms with van der Waals surface area (Å²) < 4.78 is 1.74. The largest absolute Gasteiger partial charge is 0.386 e. The summed E-state index contributed by atoms with van der Waals surface area (Å²) in [5.74, 6) is 1.45. The van der Waals surface area contributed by atoms with Gasteiger partial charge in [0.2, 0.25) is 0 Å². The Bertz CT molecular complexity index is 485. The number of halogens is 2. The standard InChI is InChI=1S/C16H24Br2N2O/c1-10(2)11-3-5-16(9-19,6-4-11)15(21)14-13(18)7-12(17)8-20-14/h7-8,10-11,15,21H,3-6,9,19H2,1-2H3. The van der Waals surface area contributed by atoms with Crippen molar-refractivity contribution in [2.45, 2.75) is 45.6 Å². The number of pyridine rings is 1. The number of nitrogens with zero attached hydrogens (tertiary/aromatic N) is 1. The van der Waals surface area contributed by atoms with Crippen LogP contribution in [-0.4, -0.2) is 16.6 Å². The fourth-order valence-electron chi connectivity index (χ4n) is 3.39. The van der Waals surface area contributed by atoms with Gasteiger partial charge in [0.25, 0.3) is 0 Å². The van der Waals surface area contributed by atoms with Crippen LogP contribution in [0.25, 0.3) is 0 Å². The lowest BCUT2D eigenvalue weighted by Gasteiger charge is -2.43. The number of nitrogens with two attached hydrogens (primary N) is 1. The van der Waals surface area contributed by atoms with Crippen LogP contribution in [-0.2, 0) is 0 Å². The van der Waals surface area contributed by atoms with Gasteiger partial charge in [-0.15, -0.1) is 0 Å². The highest BCUT2D eigenvalue weighted by Gasteiger charge is 2.42. The van der Waals surface area contributed by atoms with Crippen LogP contribution in [0, 0.1) is 17.3 Å². The third-order valence-corrected chi connectivity index (χ3v) is 6.12. The van der Waals surface area contributed by atoms with Crippen molar-refractivity contribution in [1.29, 1.82) is 0 Å². The van der Waals surface area contributed by atoms with E-state index in [0.717, 1.165) is 40.5 Å². The fourth-order valence-corrected chi connectivity index (χ4v) is 4.59. The summed E-state index contributed by atoms with van der Waals surface area (Å²) in [5.41, 5.74) is 6.52. The first-order valence-corrected chi connectivity index (χ1v) is 9.17. The number of hydrogen-bond donors (Lipinski definition) is 2. The van der Waals surface area contributed by atoms with Crippen LogP contribution in [0.5, 0.6) is 0 Å². The molecule has 3 nitrogen and oxygen atoms in total. The first-order valence-electron chi connectivity index (χ1n) is 7.58. The van der Waals surface area contributed by atoms with Gasteiger partial charge in [-0.3, -0.25) is 4.98 Å². The molecule has 1 aliphatic carbocycles. The summed E-state index contributed by atoms with van der Waals surface area (Å²) in [4.78, 5) is 4.40. The minimum Gasteiger partial charge on any atom is -0.386 e. The van der Waals surface area contributed by atoms with Crippen LogP contribution in [0.4, 0.5) is 0 Å². The second kappa shape index (κ2) is 7.07. The monoisotopic (exact) mass is 418 g/mol. The lowest BCUT2D eigenvalue weighted by molar-refractivity contribution is -0.0177. The molecule has 2 rings (SSSR count). The van der Waals surface area contributed by atoms with Gasteiger partial charge >= 0.3 is 0 Å². The van der Waals surface area contributed by atoms with E-state index in [1.54, 1.807) is 6.20 Å². The van der Waals surface area contributed by atoms with Crippen molar-refractivity contribution in [2.75, 3.05) is 6.54 Å². The van der Waals surface area contributed by atoms with Gasteiger partial charge in [0, 0.05) is 27.1 Å². The Morgan fingerprint density at radius 1 is 1.38 bits per heavy atom. The number of aliphatic hydroxyl groups excluding tert-OH is 1. The lowest BCUT2D eigenvalue weighted by atomic mass is 9.64. The predicted molar refractivity (Wildman–Crippen MR) is 92.9 cm³/mol. The molecule has 0 spiro atoms. The van der Waals surface area contributed by atoms with Gasteiger partial charge in [-0.1, -0.05) is 13.8 Å². The Labute approximate surface area is 144 Å². The van der Waals surface area contributed by atoms with Crippen molar-refractivity contribution < 1.29 is 5.11 Å². The van der Waals surface area contributed by atoms with Crippen molar-refractivity contribution >= 4 is 31.9 Å². The van der Waals surface area contributed by atoms with Crippen molar-refractivity contribution in [3.05, 3.63) is 26.9 Å². The molecule has 1 unspecified atom stereocenters. The minimum atomic E-state index is -0.613. The van der Waals surface area contributed by atoms with Gasteiger partial charge in [-0.25, -0.2) is 0 Å². The zero-order valence-electron chi connectivity index (χ0n) is 12.6. The third kappa shape index (κ3) is 3.69. The highest BCUT2D eigenvalue weighted by molar-refractivity contribution is 9.11. The zero-order chi connectivity index (χ0) is 15.6. The molecule has 3 N–H and O–H groups in total.